The van der Waals surface area contributed by atoms with E-state index in [0.29, 0.717) is 24.5 Å². The third kappa shape index (κ3) is 5.71. The molecule has 1 aromatic rings. The Labute approximate surface area is 155 Å². The molecule has 3 N–H and O–H groups in total. The van der Waals surface area contributed by atoms with Crippen molar-refractivity contribution in [2.45, 2.75) is 38.1 Å². The van der Waals surface area contributed by atoms with Crippen molar-refractivity contribution in [2.75, 3.05) is 45.0 Å². The number of anilines is 2. The lowest BCUT2D eigenvalue weighted by Gasteiger charge is -2.29. The molecular formula is C19H30N4O3. The minimum atomic E-state index is -0.285. The highest BCUT2D eigenvalue weighted by Crippen LogP contribution is 2.30. The molecule has 0 saturated heterocycles. The lowest BCUT2D eigenvalue weighted by molar-refractivity contribution is -0.116. The molecule has 0 aliphatic heterocycles. The minimum absolute atomic E-state index is 0.0929. The van der Waals surface area contributed by atoms with E-state index in [1.54, 1.807) is 18.1 Å². The molecule has 0 unspecified atom stereocenters. The fourth-order valence-corrected chi connectivity index (χ4v) is 3.35. The summed E-state index contributed by atoms with van der Waals surface area (Å²) < 4.78 is 5.30. The van der Waals surface area contributed by atoms with Crippen LogP contribution in [0.15, 0.2) is 18.2 Å². The minimum Gasteiger partial charge on any atom is -0.382 e. The first-order valence-electron chi connectivity index (χ1n) is 8.97. The number of amides is 3. The van der Waals surface area contributed by atoms with Gasteiger partial charge in [-0.25, -0.2) is 4.79 Å². The molecule has 1 saturated carbocycles. The summed E-state index contributed by atoms with van der Waals surface area (Å²) in [6, 6.07) is 5.23. The van der Waals surface area contributed by atoms with Crippen LogP contribution < -0.4 is 16.0 Å². The van der Waals surface area contributed by atoms with E-state index < -0.39 is 0 Å². The maximum absolute atomic E-state index is 12.4. The van der Waals surface area contributed by atoms with Crippen LogP contribution >= 0.6 is 0 Å². The lowest BCUT2D eigenvalue weighted by atomic mass is 9.99. The van der Waals surface area contributed by atoms with Crippen LogP contribution in [0.5, 0.6) is 0 Å². The number of nitrogens with one attached hydrogen (secondary N) is 3. The number of hydrogen-bond acceptors (Lipinski definition) is 4. The van der Waals surface area contributed by atoms with E-state index in [9.17, 15) is 9.59 Å². The van der Waals surface area contributed by atoms with E-state index in [4.69, 9.17) is 4.74 Å². The van der Waals surface area contributed by atoms with Crippen LogP contribution in [0, 0.1) is 6.92 Å². The van der Waals surface area contributed by atoms with Gasteiger partial charge in [0, 0.05) is 18.5 Å². The number of urea groups is 1. The van der Waals surface area contributed by atoms with Gasteiger partial charge in [-0.2, -0.15) is 0 Å². The molecule has 7 heteroatoms. The first-order chi connectivity index (χ1) is 12.3. The summed E-state index contributed by atoms with van der Waals surface area (Å²) >= 11 is 0. The number of rotatable bonds is 7. The van der Waals surface area contributed by atoms with Crippen LogP contribution in [-0.2, 0) is 9.53 Å². The second-order valence-electron chi connectivity index (χ2n) is 7.32. The molecule has 0 heterocycles. The van der Waals surface area contributed by atoms with Crippen molar-refractivity contribution in [1.82, 2.24) is 10.2 Å². The van der Waals surface area contributed by atoms with Gasteiger partial charge in [0.25, 0.3) is 0 Å². The summed E-state index contributed by atoms with van der Waals surface area (Å²) in [4.78, 5) is 26.2. The molecule has 26 heavy (non-hydrogen) atoms. The van der Waals surface area contributed by atoms with Crippen LogP contribution in [0.2, 0.25) is 0 Å². The first kappa shape index (κ1) is 20.2. The van der Waals surface area contributed by atoms with Gasteiger partial charge >= 0.3 is 6.03 Å². The Bertz CT molecular complexity index is 640. The van der Waals surface area contributed by atoms with Gasteiger partial charge in [-0.1, -0.05) is 18.9 Å². The van der Waals surface area contributed by atoms with E-state index in [-0.39, 0.29) is 17.5 Å². The van der Waals surface area contributed by atoms with Crippen molar-refractivity contribution in [1.29, 1.82) is 0 Å². The van der Waals surface area contributed by atoms with Crippen molar-refractivity contribution in [3.63, 3.8) is 0 Å². The standard InChI is InChI=1S/C19H30N4O3/c1-14-7-8-15(11-16(14)21-17(24)12-23(2)3)20-18(25)22-19(13-26-4)9-5-6-10-19/h7-8,11H,5-6,9-10,12-13H2,1-4H3,(H,21,24)(H2,20,22,25). The van der Waals surface area contributed by atoms with Crippen molar-refractivity contribution < 1.29 is 14.3 Å². The number of carbonyl (C=O) groups excluding carboxylic acids is 2. The average Bonchev–Trinajstić information content (AvgIpc) is 2.98. The molecule has 0 aromatic heterocycles. The fourth-order valence-electron chi connectivity index (χ4n) is 3.35. The predicted octanol–water partition coefficient (Wildman–Crippen LogP) is 2.58. The van der Waals surface area contributed by atoms with E-state index in [1.165, 1.54) is 0 Å². The van der Waals surface area contributed by atoms with E-state index >= 15 is 0 Å². The van der Waals surface area contributed by atoms with Crippen LogP contribution in [0.3, 0.4) is 0 Å². The summed E-state index contributed by atoms with van der Waals surface area (Å²) in [6.07, 6.45) is 4.04. The SMILES string of the molecule is COCC1(NC(=O)Nc2ccc(C)c(NC(=O)CN(C)C)c2)CCCC1. The molecule has 144 valence electrons. The second-order valence-corrected chi connectivity index (χ2v) is 7.32. The van der Waals surface area contributed by atoms with Gasteiger partial charge in [0.05, 0.1) is 18.7 Å². The van der Waals surface area contributed by atoms with Crippen molar-refractivity contribution in [3.05, 3.63) is 23.8 Å². The van der Waals surface area contributed by atoms with Crippen LogP contribution in [0.1, 0.15) is 31.2 Å². The van der Waals surface area contributed by atoms with Gasteiger partial charge in [-0.05, 0) is 51.6 Å². The zero-order chi connectivity index (χ0) is 19.2. The summed E-state index contributed by atoms with van der Waals surface area (Å²) in [7, 11) is 5.34. The number of methoxy groups -OCH3 is 1. The van der Waals surface area contributed by atoms with Crippen LogP contribution in [0.25, 0.3) is 0 Å². The van der Waals surface area contributed by atoms with E-state index in [0.717, 1.165) is 31.2 Å². The molecule has 1 fully saturated rings. The quantitative estimate of drug-likeness (QED) is 0.696. The highest BCUT2D eigenvalue weighted by Gasteiger charge is 2.35. The van der Waals surface area contributed by atoms with Gasteiger partial charge in [0.2, 0.25) is 5.91 Å². The zero-order valence-corrected chi connectivity index (χ0v) is 16.1. The Morgan fingerprint density at radius 3 is 2.50 bits per heavy atom. The molecule has 1 aliphatic rings. The Hall–Kier alpha value is -2.12. The van der Waals surface area contributed by atoms with Gasteiger partial charge in [0.1, 0.15) is 0 Å². The Balaban J connectivity index is 2.01. The lowest BCUT2D eigenvalue weighted by Crippen LogP contribution is -2.51. The van der Waals surface area contributed by atoms with Crippen molar-refractivity contribution in [2.24, 2.45) is 0 Å². The maximum atomic E-state index is 12.4. The molecule has 0 radical (unpaired) electrons. The maximum Gasteiger partial charge on any atom is 0.319 e. The third-order valence-electron chi connectivity index (χ3n) is 4.59. The normalized spacial score (nSPS) is 15.7. The predicted molar refractivity (Wildman–Crippen MR) is 104 cm³/mol. The Morgan fingerprint density at radius 1 is 1.19 bits per heavy atom. The van der Waals surface area contributed by atoms with Crippen LogP contribution in [-0.4, -0.2) is 56.7 Å². The Morgan fingerprint density at radius 2 is 1.88 bits per heavy atom. The third-order valence-corrected chi connectivity index (χ3v) is 4.59. The molecule has 0 atom stereocenters. The highest BCUT2D eigenvalue weighted by atomic mass is 16.5. The highest BCUT2D eigenvalue weighted by molar-refractivity contribution is 5.95. The summed E-state index contributed by atoms with van der Waals surface area (Å²) in [5, 5.41) is 8.82. The number of aryl methyl sites for hydroxylation is 1. The molecule has 7 nitrogen and oxygen atoms in total. The molecule has 1 aliphatic carbocycles. The molecule has 0 bridgehead atoms. The number of hydrogen-bond donors (Lipinski definition) is 3. The van der Waals surface area contributed by atoms with E-state index in [1.807, 2.05) is 33.2 Å². The summed E-state index contributed by atoms with van der Waals surface area (Å²) in [6.45, 7) is 2.73. The van der Waals surface area contributed by atoms with Gasteiger partial charge in [-0.3, -0.25) is 4.79 Å². The number of carbonyl (C=O) groups is 2. The molecule has 1 aromatic carbocycles. The number of ether oxygens (including phenoxy) is 1. The molecule has 3 amide bonds. The largest absolute Gasteiger partial charge is 0.382 e. The summed E-state index contributed by atoms with van der Waals surface area (Å²) in [5.74, 6) is -0.0929. The summed E-state index contributed by atoms with van der Waals surface area (Å²) in [5.41, 5.74) is 1.99. The van der Waals surface area contributed by atoms with Crippen LogP contribution in [0.4, 0.5) is 16.2 Å². The fraction of sp³-hybridized carbons (Fsp3) is 0.579. The first-order valence-corrected chi connectivity index (χ1v) is 8.97. The second kappa shape index (κ2) is 9.00. The molecular weight excluding hydrogens is 332 g/mol. The van der Waals surface area contributed by atoms with Crippen molar-refractivity contribution >= 4 is 23.3 Å². The average molecular weight is 362 g/mol. The number of nitrogens with zero attached hydrogens (tertiary/aromatic N) is 1. The Kier molecular flexibility index (Phi) is 6.99. The molecule has 0 spiro atoms. The van der Waals surface area contributed by atoms with Gasteiger partial charge < -0.3 is 25.6 Å². The van der Waals surface area contributed by atoms with Crippen molar-refractivity contribution in [3.8, 4) is 0 Å². The smallest absolute Gasteiger partial charge is 0.319 e. The van der Waals surface area contributed by atoms with Gasteiger partial charge in [0.15, 0.2) is 0 Å². The topological polar surface area (TPSA) is 82.7 Å². The molecule has 2 rings (SSSR count). The number of likely N-dealkylation sites (N-methyl/N-ethyl adjacent to an activating group) is 1. The monoisotopic (exact) mass is 362 g/mol. The number of benzene rings is 1. The van der Waals surface area contributed by atoms with E-state index in [2.05, 4.69) is 16.0 Å². The van der Waals surface area contributed by atoms with Gasteiger partial charge in [-0.15, -0.1) is 0 Å². The zero-order valence-electron chi connectivity index (χ0n) is 16.1.